The maximum atomic E-state index is 13.4. The molecule has 1 fully saturated rings. The van der Waals surface area contributed by atoms with Crippen molar-refractivity contribution in [1.29, 1.82) is 0 Å². The molecule has 1 saturated heterocycles. The summed E-state index contributed by atoms with van der Waals surface area (Å²) in [5, 5.41) is 3.47. The SMILES string of the molecule is CN=C(NCC1CCN(c2ccccc2)C1)N(C)Cc1cccc(F)c1.I. The van der Waals surface area contributed by atoms with E-state index in [9.17, 15) is 4.39 Å². The first-order chi connectivity index (χ1) is 12.7. The second-order valence-corrected chi connectivity index (χ2v) is 6.85. The minimum absolute atomic E-state index is 0. The van der Waals surface area contributed by atoms with Gasteiger partial charge in [-0.2, -0.15) is 0 Å². The lowest BCUT2D eigenvalue weighted by Crippen LogP contribution is -2.41. The predicted molar refractivity (Wildman–Crippen MR) is 121 cm³/mol. The summed E-state index contributed by atoms with van der Waals surface area (Å²) in [6.07, 6.45) is 1.17. The van der Waals surface area contributed by atoms with Crippen LogP contribution in [0.2, 0.25) is 0 Å². The number of benzene rings is 2. The summed E-state index contributed by atoms with van der Waals surface area (Å²) in [5.74, 6) is 1.23. The lowest BCUT2D eigenvalue weighted by Gasteiger charge is -2.24. The van der Waals surface area contributed by atoms with Gasteiger partial charge in [-0.1, -0.05) is 30.3 Å². The second-order valence-electron chi connectivity index (χ2n) is 6.85. The molecule has 1 N–H and O–H groups in total. The summed E-state index contributed by atoms with van der Waals surface area (Å²) in [6.45, 7) is 3.66. The van der Waals surface area contributed by atoms with E-state index in [1.165, 1.54) is 18.2 Å². The van der Waals surface area contributed by atoms with Gasteiger partial charge in [0.2, 0.25) is 0 Å². The zero-order valence-corrected chi connectivity index (χ0v) is 18.3. The summed E-state index contributed by atoms with van der Waals surface area (Å²) < 4.78 is 13.4. The average Bonchev–Trinajstić information content (AvgIpc) is 3.12. The summed E-state index contributed by atoms with van der Waals surface area (Å²) >= 11 is 0. The van der Waals surface area contributed by atoms with Crippen molar-refractivity contribution in [3.05, 3.63) is 66.0 Å². The lowest BCUT2D eigenvalue weighted by molar-refractivity contribution is 0.461. The number of para-hydroxylation sites is 1. The zero-order valence-electron chi connectivity index (χ0n) is 15.9. The number of hydrogen-bond donors (Lipinski definition) is 1. The molecule has 0 amide bonds. The number of anilines is 1. The first-order valence-electron chi connectivity index (χ1n) is 9.12. The number of nitrogens with one attached hydrogen (secondary N) is 1. The highest BCUT2D eigenvalue weighted by atomic mass is 127. The summed E-state index contributed by atoms with van der Waals surface area (Å²) in [4.78, 5) is 8.83. The van der Waals surface area contributed by atoms with Crippen LogP contribution in [0, 0.1) is 11.7 Å². The van der Waals surface area contributed by atoms with Crippen LogP contribution in [0.5, 0.6) is 0 Å². The van der Waals surface area contributed by atoms with Crippen LogP contribution in [0.4, 0.5) is 10.1 Å². The molecule has 4 nitrogen and oxygen atoms in total. The van der Waals surface area contributed by atoms with Crippen LogP contribution >= 0.6 is 24.0 Å². The van der Waals surface area contributed by atoms with Gasteiger partial charge in [-0.05, 0) is 42.2 Å². The molecule has 1 atom stereocenters. The van der Waals surface area contributed by atoms with E-state index in [-0.39, 0.29) is 29.8 Å². The van der Waals surface area contributed by atoms with Crippen molar-refractivity contribution in [1.82, 2.24) is 10.2 Å². The Hall–Kier alpha value is -1.83. The van der Waals surface area contributed by atoms with E-state index in [0.717, 1.165) is 31.2 Å². The van der Waals surface area contributed by atoms with Crippen molar-refractivity contribution in [2.45, 2.75) is 13.0 Å². The highest BCUT2D eigenvalue weighted by molar-refractivity contribution is 14.0. The molecular formula is C21H28FIN4. The molecule has 2 aromatic carbocycles. The highest BCUT2D eigenvalue weighted by Gasteiger charge is 2.23. The van der Waals surface area contributed by atoms with Crippen molar-refractivity contribution in [3.8, 4) is 0 Å². The third kappa shape index (κ3) is 6.09. The van der Waals surface area contributed by atoms with E-state index in [2.05, 4.69) is 45.5 Å². The van der Waals surface area contributed by atoms with Crippen LogP contribution in [0.3, 0.4) is 0 Å². The Bertz CT molecular complexity index is 738. The molecule has 6 heteroatoms. The molecule has 0 bridgehead atoms. The third-order valence-corrected chi connectivity index (χ3v) is 4.84. The van der Waals surface area contributed by atoms with Crippen LogP contribution in [0.25, 0.3) is 0 Å². The topological polar surface area (TPSA) is 30.9 Å². The fourth-order valence-corrected chi connectivity index (χ4v) is 3.48. The van der Waals surface area contributed by atoms with Crippen LogP contribution in [-0.2, 0) is 6.54 Å². The number of halogens is 2. The van der Waals surface area contributed by atoms with E-state index >= 15 is 0 Å². The maximum Gasteiger partial charge on any atom is 0.193 e. The van der Waals surface area contributed by atoms with Crippen molar-refractivity contribution in [3.63, 3.8) is 0 Å². The quantitative estimate of drug-likeness (QED) is 0.398. The molecule has 1 heterocycles. The molecule has 1 aliphatic rings. The molecule has 0 saturated carbocycles. The fourth-order valence-electron chi connectivity index (χ4n) is 3.48. The smallest absolute Gasteiger partial charge is 0.193 e. The lowest BCUT2D eigenvalue weighted by atomic mass is 10.1. The standard InChI is InChI=1S/C21H27FN4.HI/c1-23-21(25(2)15-17-7-6-8-19(22)13-17)24-14-18-11-12-26(16-18)20-9-4-3-5-10-20;/h3-10,13,18H,11-12,14-16H2,1-2H3,(H,23,24);1H. The molecule has 27 heavy (non-hydrogen) atoms. The molecule has 0 spiro atoms. The van der Waals surface area contributed by atoms with Gasteiger partial charge in [0.1, 0.15) is 5.82 Å². The number of guanidine groups is 1. The summed E-state index contributed by atoms with van der Waals surface area (Å²) in [6, 6.07) is 17.3. The predicted octanol–water partition coefficient (Wildman–Crippen LogP) is 3.98. The Balaban J connectivity index is 0.00000261. The number of nitrogens with zero attached hydrogens (tertiary/aromatic N) is 3. The van der Waals surface area contributed by atoms with Crippen LogP contribution in [-0.4, -0.2) is 44.6 Å². The maximum absolute atomic E-state index is 13.4. The molecule has 1 unspecified atom stereocenters. The first-order valence-corrected chi connectivity index (χ1v) is 9.12. The first kappa shape index (κ1) is 21.5. The van der Waals surface area contributed by atoms with Gasteiger partial charge < -0.3 is 15.1 Å². The summed E-state index contributed by atoms with van der Waals surface area (Å²) in [7, 11) is 3.76. The largest absolute Gasteiger partial charge is 0.371 e. The van der Waals surface area contributed by atoms with Crippen LogP contribution in [0.15, 0.2) is 59.6 Å². The average molecular weight is 482 g/mol. The number of rotatable bonds is 5. The van der Waals surface area contributed by atoms with E-state index in [0.29, 0.717) is 12.5 Å². The van der Waals surface area contributed by atoms with Gasteiger partial charge in [0.15, 0.2) is 5.96 Å². The minimum Gasteiger partial charge on any atom is -0.371 e. The minimum atomic E-state index is -0.203. The van der Waals surface area contributed by atoms with Crippen LogP contribution < -0.4 is 10.2 Å². The van der Waals surface area contributed by atoms with Gasteiger partial charge in [-0.3, -0.25) is 4.99 Å². The Kier molecular flexibility index (Phi) is 8.34. The van der Waals surface area contributed by atoms with Gasteiger partial charge in [0, 0.05) is 46.0 Å². The van der Waals surface area contributed by atoms with Crippen molar-refractivity contribution in [2.75, 3.05) is 38.6 Å². The Morgan fingerprint density at radius 2 is 2.00 bits per heavy atom. The Labute approximate surface area is 178 Å². The summed E-state index contributed by atoms with van der Waals surface area (Å²) in [5.41, 5.74) is 2.23. The molecule has 1 aliphatic heterocycles. The molecular weight excluding hydrogens is 454 g/mol. The fraction of sp³-hybridized carbons (Fsp3) is 0.381. The van der Waals surface area contributed by atoms with Gasteiger partial charge in [0.25, 0.3) is 0 Å². The van der Waals surface area contributed by atoms with E-state index < -0.39 is 0 Å². The van der Waals surface area contributed by atoms with Gasteiger partial charge in [-0.15, -0.1) is 24.0 Å². The molecule has 0 aliphatic carbocycles. The Morgan fingerprint density at radius 3 is 2.70 bits per heavy atom. The second kappa shape index (κ2) is 10.5. The van der Waals surface area contributed by atoms with E-state index in [1.807, 2.05) is 18.0 Å². The van der Waals surface area contributed by atoms with E-state index in [1.54, 1.807) is 19.2 Å². The van der Waals surface area contributed by atoms with E-state index in [4.69, 9.17) is 0 Å². The van der Waals surface area contributed by atoms with Crippen LogP contribution in [0.1, 0.15) is 12.0 Å². The number of hydrogen-bond acceptors (Lipinski definition) is 2. The molecule has 146 valence electrons. The van der Waals surface area contributed by atoms with Gasteiger partial charge in [0.05, 0.1) is 0 Å². The normalized spacial score (nSPS) is 16.8. The molecule has 0 radical (unpaired) electrons. The molecule has 0 aromatic heterocycles. The zero-order chi connectivity index (χ0) is 18.4. The van der Waals surface area contributed by atoms with Crippen molar-refractivity contribution in [2.24, 2.45) is 10.9 Å². The van der Waals surface area contributed by atoms with Crippen molar-refractivity contribution >= 4 is 35.6 Å². The van der Waals surface area contributed by atoms with Crippen molar-refractivity contribution < 1.29 is 4.39 Å². The third-order valence-electron chi connectivity index (χ3n) is 4.84. The number of aliphatic imine (C=N–C) groups is 1. The van der Waals surface area contributed by atoms with Gasteiger partial charge >= 0.3 is 0 Å². The Morgan fingerprint density at radius 1 is 1.22 bits per heavy atom. The monoisotopic (exact) mass is 482 g/mol. The van der Waals surface area contributed by atoms with Gasteiger partial charge in [-0.25, -0.2) is 4.39 Å². The molecule has 2 aromatic rings. The molecule has 3 rings (SSSR count). The highest BCUT2D eigenvalue weighted by Crippen LogP contribution is 2.23.